The number of thiophene rings is 1. The lowest BCUT2D eigenvalue weighted by Gasteiger charge is -2.23. The van der Waals surface area contributed by atoms with Crippen LogP contribution >= 0.6 is 22.7 Å². The molecule has 1 unspecified atom stereocenters. The van der Waals surface area contributed by atoms with Crippen molar-refractivity contribution < 1.29 is 14.3 Å². The van der Waals surface area contributed by atoms with Gasteiger partial charge in [0.25, 0.3) is 5.56 Å². The molecule has 0 amide bonds. The summed E-state index contributed by atoms with van der Waals surface area (Å²) < 4.78 is 13.0. The third-order valence-corrected chi connectivity index (χ3v) is 7.59. The molecule has 0 fully saturated rings. The second kappa shape index (κ2) is 9.85. The average molecular weight is 503 g/mol. The molecule has 0 spiro atoms. The highest BCUT2D eigenvalue weighted by molar-refractivity contribution is 7.10. The van der Waals surface area contributed by atoms with Gasteiger partial charge in [-0.05, 0) is 47.7 Å². The summed E-state index contributed by atoms with van der Waals surface area (Å²) in [5, 5.41) is 1.94. The zero-order chi connectivity index (χ0) is 24.4. The Morgan fingerprint density at radius 3 is 2.54 bits per heavy atom. The monoisotopic (exact) mass is 502 g/mol. The molecule has 5 rings (SSSR count). The lowest BCUT2D eigenvalue weighted by Crippen LogP contribution is -2.39. The van der Waals surface area contributed by atoms with Crippen molar-refractivity contribution in [3.63, 3.8) is 0 Å². The SMILES string of the molecule is COc1ccc(/C=c2/sc3n(c2=O)C(c2cccs2)C(C(=O)OCc2ccccc2)=C(C)N=3)cc1. The molecule has 8 heteroatoms. The number of methoxy groups -OCH3 is 1. The highest BCUT2D eigenvalue weighted by atomic mass is 32.1. The minimum Gasteiger partial charge on any atom is -0.497 e. The lowest BCUT2D eigenvalue weighted by molar-refractivity contribution is -0.140. The molecule has 35 heavy (non-hydrogen) atoms. The predicted octanol–water partition coefficient (Wildman–Crippen LogP) is 4.05. The normalized spacial score (nSPS) is 15.5. The van der Waals surface area contributed by atoms with Crippen LogP contribution in [-0.4, -0.2) is 17.6 Å². The van der Waals surface area contributed by atoms with Crippen LogP contribution in [0, 0.1) is 0 Å². The van der Waals surface area contributed by atoms with E-state index < -0.39 is 12.0 Å². The first-order valence-electron chi connectivity index (χ1n) is 11.0. The predicted molar refractivity (Wildman–Crippen MR) is 137 cm³/mol. The van der Waals surface area contributed by atoms with Crippen LogP contribution in [0.3, 0.4) is 0 Å². The minimum atomic E-state index is -0.590. The number of aromatic nitrogens is 1. The fourth-order valence-electron chi connectivity index (χ4n) is 3.95. The standard InChI is InChI=1S/C27H22N2O4S2/c1-17-23(26(31)33-16-19-7-4-3-5-8-19)24(21-9-6-14-34-21)29-25(30)22(35-27(29)28-17)15-18-10-12-20(32-2)13-11-18/h3-15,24H,16H2,1-2H3/b22-15+. The smallest absolute Gasteiger partial charge is 0.338 e. The van der Waals surface area contributed by atoms with E-state index in [1.165, 1.54) is 22.7 Å². The zero-order valence-electron chi connectivity index (χ0n) is 19.1. The summed E-state index contributed by atoms with van der Waals surface area (Å²) in [6.07, 6.45) is 1.83. The highest BCUT2D eigenvalue weighted by Gasteiger charge is 2.34. The van der Waals surface area contributed by atoms with Gasteiger partial charge in [0.15, 0.2) is 4.80 Å². The van der Waals surface area contributed by atoms with Gasteiger partial charge in [-0.1, -0.05) is 59.9 Å². The average Bonchev–Trinajstić information content (AvgIpc) is 3.51. The molecule has 1 aliphatic heterocycles. The van der Waals surface area contributed by atoms with Crippen molar-refractivity contribution in [2.45, 2.75) is 19.6 Å². The number of rotatable bonds is 6. The zero-order valence-corrected chi connectivity index (χ0v) is 20.8. The van der Waals surface area contributed by atoms with Gasteiger partial charge in [0.2, 0.25) is 0 Å². The van der Waals surface area contributed by atoms with Crippen LogP contribution in [0.15, 0.2) is 93.2 Å². The number of esters is 1. The molecule has 4 aromatic rings. The minimum absolute atomic E-state index is 0.148. The van der Waals surface area contributed by atoms with Crippen LogP contribution in [0.1, 0.15) is 29.0 Å². The molecule has 2 aromatic heterocycles. The van der Waals surface area contributed by atoms with Crippen molar-refractivity contribution >= 4 is 34.7 Å². The van der Waals surface area contributed by atoms with E-state index in [0.717, 1.165) is 21.8 Å². The quantitative estimate of drug-likeness (QED) is 0.373. The fraction of sp³-hybridized carbons (Fsp3) is 0.148. The number of hydrogen-bond acceptors (Lipinski definition) is 7. The Morgan fingerprint density at radius 2 is 1.86 bits per heavy atom. The summed E-state index contributed by atoms with van der Waals surface area (Å²) in [5.41, 5.74) is 2.51. The van der Waals surface area contributed by atoms with E-state index >= 15 is 0 Å². The Balaban J connectivity index is 1.56. The van der Waals surface area contributed by atoms with Crippen LogP contribution in [-0.2, 0) is 16.1 Å². The van der Waals surface area contributed by atoms with Crippen LogP contribution in [0.4, 0.5) is 0 Å². The molecular weight excluding hydrogens is 480 g/mol. The van der Waals surface area contributed by atoms with E-state index in [9.17, 15) is 9.59 Å². The van der Waals surface area contributed by atoms with Crippen molar-refractivity contribution in [3.05, 3.63) is 119 Å². The van der Waals surface area contributed by atoms with Gasteiger partial charge in [-0.25, -0.2) is 9.79 Å². The number of hydrogen-bond donors (Lipinski definition) is 0. The number of thiazole rings is 1. The van der Waals surface area contributed by atoms with Gasteiger partial charge in [-0.2, -0.15) is 0 Å². The molecule has 1 atom stereocenters. The lowest BCUT2D eigenvalue weighted by atomic mass is 10.0. The Hall–Kier alpha value is -3.75. The Morgan fingerprint density at radius 1 is 1.09 bits per heavy atom. The van der Waals surface area contributed by atoms with Crippen molar-refractivity contribution in [2.75, 3.05) is 7.11 Å². The summed E-state index contributed by atoms with van der Waals surface area (Å²) in [6.45, 7) is 1.94. The van der Waals surface area contributed by atoms with E-state index in [2.05, 4.69) is 4.99 Å². The second-order valence-electron chi connectivity index (χ2n) is 7.93. The number of fused-ring (bicyclic) bond motifs is 1. The fourth-order valence-corrected chi connectivity index (χ4v) is 5.82. The molecule has 0 bridgehead atoms. The van der Waals surface area contributed by atoms with Gasteiger partial charge in [0.1, 0.15) is 18.4 Å². The molecule has 0 radical (unpaired) electrons. The molecule has 176 valence electrons. The van der Waals surface area contributed by atoms with Crippen LogP contribution in [0.25, 0.3) is 6.08 Å². The van der Waals surface area contributed by atoms with Gasteiger partial charge in [-0.15, -0.1) is 11.3 Å². The van der Waals surface area contributed by atoms with Crippen molar-refractivity contribution in [2.24, 2.45) is 4.99 Å². The second-order valence-corrected chi connectivity index (χ2v) is 9.92. The van der Waals surface area contributed by atoms with Gasteiger partial charge in [0.05, 0.1) is 22.9 Å². The van der Waals surface area contributed by atoms with Gasteiger partial charge in [0, 0.05) is 4.88 Å². The molecule has 1 aliphatic rings. The van der Waals surface area contributed by atoms with E-state index in [1.807, 2.05) is 78.2 Å². The van der Waals surface area contributed by atoms with Gasteiger partial charge in [-0.3, -0.25) is 9.36 Å². The third-order valence-electron chi connectivity index (χ3n) is 5.68. The highest BCUT2D eigenvalue weighted by Crippen LogP contribution is 2.33. The first-order chi connectivity index (χ1) is 17.0. The molecule has 0 aliphatic carbocycles. The van der Waals surface area contributed by atoms with E-state index in [1.54, 1.807) is 18.6 Å². The maximum absolute atomic E-state index is 13.6. The third kappa shape index (κ3) is 4.62. The summed E-state index contributed by atoms with van der Waals surface area (Å²) >= 11 is 2.80. The number of ether oxygens (including phenoxy) is 2. The molecular formula is C27H22N2O4S2. The van der Waals surface area contributed by atoms with E-state index in [-0.39, 0.29) is 12.2 Å². The first kappa shape index (κ1) is 23.0. The summed E-state index contributed by atoms with van der Waals surface area (Å²) in [4.78, 5) is 33.0. The van der Waals surface area contributed by atoms with Crippen molar-refractivity contribution in [1.29, 1.82) is 0 Å². The summed E-state index contributed by atoms with van der Waals surface area (Å²) in [5.74, 6) is 0.272. The van der Waals surface area contributed by atoms with Crippen LogP contribution < -0.4 is 19.6 Å². The summed E-state index contributed by atoms with van der Waals surface area (Å²) in [7, 11) is 1.61. The Kier molecular flexibility index (Phi) is 6.48. The summed E-state index contributed by atoms with van der Waals surface area (Å²) in [6, 6.07) is 20.3. The number of carbonyl (C=O) groups excluding carboxylic acids is 1. The molecule has 0 saturated carbocycles. The number of carbonyl (C=O) groups is 1. The topological polar surface area (TPSA) is 69.9 Å². The largest absolute Gasteiger partial charge is 0.497 e. The van der Waals surface area contributed by atoms with Crippen LogP contribution in [0.2, 0.25) is 0 Å². The molecule has 6 nitrogen and oxygen atoms in total. The Bertz CT molecular complexity index is 1560. The van der Waals surface area contributed by atoms with E-state index in [0.29, 0.717) is 20.6 Å². The maximum atomic E-state index is 13.6. The molecule has 3 heterocycles. The van der Waals surface area contributed by atoms with Crippen LogP contribution in [0.5, 0.6) is 5.75 Å². The number of allylic oxidation sites excluding steroid dienone is 1. The Labute approximate surface area is 209 Å². The number of benzene rings is 2. The molecule has 0 N–H and O–H groups in total. The first-order valence-corrected chi connectivity index (χ1v) is 12.7. The number of nitrogens with zero attached hydrogens (tertiary/aromatic N) is 2. The maximum Gasteiger partial charge on any atom is 0.338 e. The van der Waals surface area contributed by atoms with Crippen molar-refractivity contribution in [1.82, 2.24) is 4.57 Å². The van der Waals surface area contributed by atoms with Gasteiger partial charge < -0.3 is 9.47 Å². The van der Waals surface area contributed by atoms with E-state index in [4.69, 9.17) is 9.47 Å². The van der Waals surface area contributed by atoms with Crippen molar-refractivity contribution in [3.8, 4) is 5.75 Å². The van der Waals surface area contributed by atoms with Gasteiger partial charge >= 0.3 is 5.97 Å². The molecule has 2 aromatic carbocycles. The molecule has 0 saturated heterocycles.